The molecule has 0 bridgehead atoms. The maximum absolute atomic E-state index is 13.7. The zero-order chi connectivity index (χ0) is 44.7. The lowest BCUT2D eigenvalue weighted by Crippen LogP contribution is -2.28. The van der Waals surface area contributed by atoms with E-state index < -0.39 is 20.6 Å². The molecule has 0 aliphatic heterocycles. The topological polar surface area (TPSA) is 112 Å². The molecule has 4 aromatic rings. The molecule has 0 heterocycles. The van der Waals surface area contributed by atoms with Crippen molar-refractivity contribution in [1.29, 1.82) is 0 Å². The van der Waals surface area contributed by atoms with Crippen molar-refractivity contribution in [1.82, 2.24) is 0 Å². The molecule has 0 fully saturated rings. The maximum atomic E-state index is 13.7. The van der Waals surface area contributed by atoms with Gasteiger partial charge < -0.3 is 28.3 Å². The summed E-state index contributed by atoms with van der Waals surface area (Å²) in [6.07, 6.45) is 24.9. The summed E-state index contributed by atoms with van der Waals surface area (Å²) in [6.45, 7) is 9.27. The van der Waals surface area contributed by atoms with E-state index in [2.05, 4.69) is 38.1 Å². The van der Waals surface area contributed by atoms with Crippen LogP contribution < -0.4 is 20.1 Å². The van der Waals surface area contributed by atoms with Crippen LogP contribution in [0.3, 0.4) is 0 Å². The van der Waals surface area contributed by atoms with Gasteiger partial charge in [-0.25, -0.2) is 0 Å². The van der Waals surface area contributed by atoms with Gasteiger partial charge in [-0.15, -0.1) is 0 Å². The van der Waals surface area contributed by atoms with Crippen molar-refractivity contribution in [2.75, 3.05) is 26.4 Å². The van der Waals surface area contributed by atoms with Crippen LogP contribution in [0.25, 0.3) is 22.3 Å². The van der Waals surface area contributed by atoms with Gasteiger partial charge in [-0.05, 0) is 120 Å². The highest BCUT2D eigenvalue weighted by Crippen LogP contribution is 2.64. The second kappa shape index (κ2) is 23.8. The number of hydrogen-bond acceptors (Lipinski definition) is 6. The third-order valence-corrected chi connectivity index (χ3v) is 16.1. The summed E-state index contributed by atoms with van der Waals surface area (Å²) in [7, 11) is -8.38. The molecular formula is C53H74O8P2. The van der Waals surface area contributed by atoms with Gasteiger partial charge in [-0.1, -0.05) is 154 Å². The second-order valence-corrected chi connectivity index (χ2v) is 21.2. The molecule has 10 heteroatoms. The standard InChI is InChI=1S/C53H74O8P2/c1-5-9-11-13-15-17-19-21-23-25-35-58-41-27-31-45-47-33-29-43(62(54,55)60-7-3)39-51(47)53(49(45)37-41)50-38-42(59-36-26-24-22-20-18-16-14-12-10-6-2)28-32-46(50)48-34-30-44(40-52(48)53)63(56,57)61-8-4/h27-34,37-40H,5-26,35-36H2,1-4H3,(H,54,55)(H,56,57). The van der Waals surface area contributed by atoms with Crippen molar-refractivity contribution in [3.63, 3.8) is 0 Å². The average molecular weight is 901 g/mol. The van der Waals surface area contributed by atoms with Crippen LogP contribution in [-0.2, 0) is 23.6 Å². The smallest absolute Gasteiger partial charge is 0.358 e. The van der Waals surface area contributed by atoms with Crippen LogP contribution in [0.1, 0.15) is 178 Å². The van der Waals surface area contributed by atoms with Crippen molar-refractivity contribution in [2.45, 2.75) is 162 Å². The largest absolute Gasteiger partial charge is 0.494 e. The van der Waals surface area contributed by atoms with E-state index in [0.29, 0.717) is 13.2 Å². The van der Waals surface area contributed by atoms with E-state index in [1.807, 2.05) is 24.3 Å². The van der Waals surface area contributed by atoms with E-state index in [4.69, 9.17) is 18.5 Å². The lowest BCUT2D eigenvalue weighted by Gasteiger charge is -2.31. The molecule has 2 aliphatic carbocycles. The van der Waals surface area contributed by atoms with Crippen LogP contribution in [-0.4, -0.2) is 36.2 Å². The van der Waals surface area contributed by atoms with Crippen molar-refractivity contribution in [3.05, 3.63) is 95.1 Å². The predicted molar refractivity (Wildman–Crippen MR) is 260 cm³/mol. The Morgan fingerprint density at radius 1 is 0.413 bits per heavy atom. The van der Waals surface area contributed by atoms with Gasteiger partial charge in [-0.2, -0.15) is 0 Å². The lowest BCUT2D eigenvalue weighted by molar-refractivity contribution is 0.283. The average Bonchev–Trinajstić information content (AvgIpc) is 3.73. The summed E-state index contributed by atoms with van der Waals surface area (Å²) in [5.74, 6) is 1.47. The summed E-state index contributed by atoms with van der Waals surface area (Å²) >= 11 is 0. The molecule has 4 aromatic carbocycles. The minimum absolute atomic E-state index is 0.0773. The fraction of sp³-hybridized carbons (Fsp3) is 0.547. The molecule has 0 aromatic heterocycles. The predicted octanol–water partition coefficient (Wildman–Crippen LogP) is 14.3. The monoisotopic (exact) mass is 900 g/mol. The van der Waals surface area contributed by atoms with Crippen molar-refractivity contribution >= 4 is 25.8 Å². The molecule has 0 saturated carbocycles. The molecule has 0 radical (unpaired) electrons. The molecular weight excluding hydrogens is 827 g/mol. The van der Waals surface area contributed by atoms with Crippen molar-refractivity contribution < 1.29 is 37.4 Å². The van der Waals surface area contributed by atoms with E-state index in [-0.39, 0.29) is 23.8 Å². The Hall–Kier alpha value is -3.22. The van der Waals surface area contributed by atoms with E-state index in [0.717, 1.165) is 81.7 Å². The van der Waals surface area contributed by atoms with Crippen LogP contribution in [0.2, 0.25) is 0 Å². The Kier molecular flexibility index (Phi) is 18.6. The van der Waals surface area contributed by atoms with Crippen LogP contribution in [0.15, 0.2) is 72.8 Å². The molecule has 2 unspecified atom stereocenters. The molecule has 2 atom stereocenters. The summed E-state index contributed by atoms with van der Waals surface area (Å²) in [5, 5.41) is 0.378. The number of rotatable bonds is 30. The van der Waals surface area contributed by atoms with Gasteiger partial charge in [0.05, 0.1) is 42.5 Å². The molecule has 63 heavy (non-hydrogen) atoms. The Bertz CT molecular complexity index is 2030. The van der Waals surface area contributed by atoms with Crippen LogP contribution in [0.5, 0.6) is 11.5 Å². The first-order chi connectivity index (χ1) is 30.6. The Morgan fingerprint density at radius 2 is 0.714 bits per heavy atom. The minimum Gasteiger partial charge on any atom is -0.494 e. The molecule has 344 valence electrons. The zero-order valence-electron chi connectivity index (χ0n) is 38.6. The first-order valence-electron chi connectivity index (χ1n) is 24.4. The molecule has 0 saturated heterocycles. The first-order valence-corrected chi connectivity index (χ1v) is 27.6. The first kappa shape index (κ1) is 49.2. The summed E-state index contributed by atoms with van der Waals surface area (Å²) in [6, 6.07) is 23.2. The van der Waals surface area contributed by atoms with E-state index in [9.17, 15) is 18.9 Å². The number of unbranched alkanes of at least 4 members (excludes halogenated alkanes) is 18. The second-order valence-electron chi connectivity index (χ2n) is 17.6. The highest BCUT2D eigenvalue weighted by molar-refractivity contribution is 7.61. The molecule has 2 N–H and O–H groups in total. The van der Waals surface area contributed by atoms with Gasteiger partial charge in [0.25, 0.3) is 0 Å². The van der Waals surface area contributed by atoms with Gasteiger partial charge in [0.15, 0.2) is 0 Å². The Labute approximate surface area is 378 Å². The van der Waals surface area contributed by atoms with Crippen LogP contribution in [0.4, 0.5) is 0 Å². The Morgan fingerprint density at radius 3 is 1.05 bits per heavy atom. The zero-order valence-corrected chi connectivity index (χ0v) is 40.4. The van der Waals surface area contributed by atoms with E-state index in [1.54, 1.807) is 38.1 Å². The van der Waals surface area contributed by atoms with E-state index >= 15 is 0 Å². The molecule has 8 nitrogen and oxygen atoms in total. The van der Waals surface area contributed by atoms with Crippen LogP contribution in [0, 0.1) is 0 Å². The number of ether oxygens (including phenoxy) is 2. The fourth-order valence-corrected chi connectivity index (χ4v) is 11.9. The third kappa shape index (κ3) is 11.8. The third-order valence-electron chi connectivity index (χ3n) is 13.0. The van der Waals surface area contributed by atoms with Gasteiger partial charge in [0.2, 0.25) is 0 Å². The summed E-state index contributed by atoms with van der Waals surface area (Å²) in [5.41, 5.74) is 6.16. The van der Waals surface area contributed by atoms with Crippen molar-refractivity contribution in [3.8, 4) is 33.8 Å². The normalized spacial score (nSPS) is 16.6. The Balaban J connectivity index is 1.33. The fourth-order valence-electron chi connectivity index (χ4n) is 9.75. The quantitative estimate of drug-likeness (QED) is 0.0340. The number of hydrogen-bond donors (Lipinski definition) is 2. The molecule has 0 amide bonds. The summed E-state index contributed by atoms with van der Waals surface area (Å²) in [4.78, 5) is 22.5. The van der Waals surface area contributed by atoms with Gasteiger partial charge in [0.1, 0.15) is 11.5 Å². The lowest BCUT2D eigenvalue weighted by atomic mass is 9.70. The molecule has 6 rings (SSSR count). The van der Waals surface area contributed by atoms with E-state index in [1.165, 1.54) is 103 Å². The minimum atomic E-state index is -4.19. The highest BCUT2D eigenvalue weighted by atomic mass is 31.2. The maximum Gasteiger partial charge on any atom is 0.358 e. The number of benzene rings is 4. The van der Waals surface area contributed by atoms with Crippen molar-refractivity contribution in [2.24, 2.45) is 0 Å². The molecule has 2 aliphatic rings. The van der Waals surface area contributed by atoms with Gasteiger partial charge in [0, 0.05) is 0 Å². The SMILES string of the molecule is CCCCCCCCCCCCOc1ccc2c(c1)C1(c3cc(OCCCCCCCCCCCC)ccc3-c3ccc(P(=O)(O)OCC)cc31)c1cc(P(=O)(O)OCC)ccc1-2. The van der Waals surface area contributed by atoms with Crippen LogP contribution >= 0.6 is 15.2 Å². The number of fused-ring (bicyclic) bond motifs is 10. The van der Waals surface area contributed by atoms with Gasteiger partial charge in [-0.3, -0.25) is 9.13 Å². The highest BCUT2D eigenvalue weighted by Gasteiger charge is 2.53. The summed E-state index contributed by atoms with van der Waals surface area (Å²) < 4.78 is 51.4. The molecule has 1 spiro atoms. The van der Waals surface area contributed by atoms with Gasteiger partial charge >= 0.3 is 15.2 Å².